The molecule has 1 amide bonds. The first-order chi connectivity index (χ1) is 12.1. The highest BCUT2D eigenvalue weighted by molar-refractivity contribution is 5.82. The van der Waals surface area contributed by atoms with E-state index < -0.39 is 0 Å². The Bertz CT molecular complexity index is 639. The predicted molar refractivity (Wildman–Crippen MR) is 94.6 cm³/mol. The van der Waals surface area contributed by atoms with Crippen LogP contribution in [0.4, 0.5) is 5.82 Å². The smallest absolute Gasteiger partial charge is 0.238 e. The van der Waals surface area contributed by atoms with E-state index in [4.69, 9.17) is 4.74 Å². The van der Waals surface area contributed by atoms with Crippen LogP contribution in [0.25, 0.3) is 0 Å². The van der Waals surface area contributed by atoms with E-state index >= 15 is 0 Å². The van der Waals surface area contributed by atoms with E-state index in [0.29, 0.717) is 0 Å². The summed E-state index contributed by atoms with van der Waals surface area (Å²) in [6, 6.07) is -0.00804. The average molecular weight is 348 g/mol. The fraction of sp³-hybridized carbons (Fsp3) is 0.765. The van der Waals surface area contributed by atoms with Crippen molar-refractivity contribution in [2.75, 3.05) is 63.9 Å². The molecule has 1 N–H and O–H groups in total. The number of fused-ring (bicyclic) bond motifs is 1. The maximum absolute atomic E-state index is 12.2. The fourth-order valence-corrected chi connectivity index (χ4v) is 4.25. The molecule has 3 aliphatic heterocycles. The zero-order valence-electron chi connectivity index (χ0n) is 15.2. The lowest BCUT2D eigenvalue weighted by Gasteiger charge is -2.43. The van der Waals surface area contributed by atoms with Crippen molar-refractivity contribution in [1.82, 2.24) is 24.9 Å². The molecular weight excluding hydrogens is 320 g/mol. The van der Waals surface area contributed by atoms with Crippen LogP contribution in [0.15, 0.2) is 0 Å². The Kier molecular flexibility index (Phi) is 4.66. The number of piperazine rings is 2. The summed E-state index contributed by atoms with van der Waals surface area (Å²) in [7, 11) is 2.02. The number of morpholine rings is 1. The first kappa shape index (κ1) is 16.8. The molecule has 3 fully saturated rings. The highest BCUT2D eigenvalue weighted by Crippen LogP contribution is 2.26. The SMILES string of the molecule is Cc1nn(C)c(N2CCOCC2)c1CN1CCN2CCNC(=O)C2C1. The lowest BCUT2D eigenvalue weighted by Crippen LogP contribution is -2.63. The van der Waals surface area contributed by atoms with Gasteiger partial charge in [-0.3, -0.25) is 19.3 Å². The Labute approximate surface area is 148 Å². The fourth-order valence-electron chi connectivity index (χ4n) is 4.25. The minimum Gasteiger partial charge on any atom is -0.378 e. The predicted octanol–water partition coefficient (Wildman–Crippen LogP) is -0.819. The van der Waals surface area contributed by atoms with Gasteiger partial charge in [0.05, 0.1) is 18.9 Å². The number of carbonyl (C=O) groups excluding carboxylic acids is 1. The number of aromatic nitrogens is 2. The molecule has 8 heteroatoms. The zero-order valence-corrected chi connectivity index (χ0v) is 15.2. The van der Waals surface area contributed by atoms with Gasteiger partial charge in [0, 0.05) is 65.0 Å². The average Bonchev–Trinajstić information content (AvgIpc) is 2.90. The Hall–Kier alpha value is -1.64. The molecule has 0 bridgehead atoms. The second-order valence-electron chi connectivity index (χ2n) is 7.19. The van der Waals surface area contributed by atoms with E-state index in [-0.39, 0.29) is 11.9 Å². The highest BCUT2D eigenvalue weighted by atomic mass is 16.5. The van der Waals surface area contributed by atoms with Gasteiger partial charge in [0.2, 0.25) is 5.91 Å². The number of aryl methyl sites for hydroxylation is 2. The van der Waals surface area contributed by atoms with Gasteiger partial charge in [0.15, 0.2) is 0 Å². The lowest BCUT2D eigenvalue weighted by molar-refractivity contribution is -0.131. The summed E-state index contributed by atoms with van der Waals surface area (Å²) < 4.78 is 7.50. The number of amides is 1. The molecule has 0 aromatic carbocycles. The molecule has 8 nitrogen and oxygen atoms in total. The normalized spacial score (nSPS) is 25.8. The van der Waals surface area contributed by atoms with Gasteiger partial charge in [0.25, 0.3) is 0 Å². The standard InChI is InChI=1S/C17H28N6O2/c1-13-14(17(20(2)19-13)23-7-9-25-10-8-23)11-21-5-6-22-4-3-18-16(24)15(22)12-21/h15H,3-12H2,1-2H3,(H,18,24). The third-order valence-corrected chi connectivity index (χ3v) is 5.58. The van der Waals surface area contributed by atoms with E-state index in [1.165, 1.54) is 11.4 Å². The van der Waals surface area contributed by atoms with E-state index in [1.807, 2.05) is 11.7 Å². The molecule has 1 atom stereocenters. The van der Waals surface area contributed by atoms with Gasteiger partial charge < -0.3 is 15.0 Å². The van der Waals surface area contributed by atoms with E-state index in [1.54, 1.807) is 0 Å². The number of rotatable bonds is 3. The van der Waals surface area contributed by atoms with Crippen molar-refractivity contribution in [3.05, 3.63) is 11.3 Å². The van der Waals surface area contributed by atoms with Crippen molar-refractivity contribution >= 4 is 11.7 Å². The molecule has 0 aliphatic carbocycles. The van der Waals surface area contributed by atoms with E-state index in [2.05, 4.69) is 32.0 Å². The summed E-state index contributed by atoms with van der Waals surface area (Å²) in [5.41, 5.74) is 2.37. The molecule has 25 heavy (non-hydrogen) atoms. The van der Waals surface area contributed by atoms with Crippen LogP contribution in [0.5, 0.6) is 0 Å². The van der Waals surface area contributed by atoms with Crippen molar-refractivity contribution in [2.45, 2.75) is 19.5 Å². The van der Waals surface area contributed by atoms with Crippen LogP contribution in [0.1, 0.15) is 11.3 Å². The van der Waals surface area contributed by atoms with Crippen LogP contribution < -0.4 is 10.2 Å². The number of nitrogens with zero attached hydrogens (tertiary/aromatic N) is 5. The summed E-state index contributed by atoms with van der Waals surface area (Å²) in [5, 5.41) is 7.66. The Morgan fingerprint density at radius 3 is 2.80 bits per heavy atom. The van der Waals surface area contributed by atoms with E-state index in [0.717, 1.165) is 71.3 Å². The second-order valence-corrected chi connectivity index (χ2v) is 7.19. The van der Waals surface area contributed by atoms with Gasteiger partial charge in [-0.25, -0.2) is 0 Å². The minimum atomic E-state index is -0.00804. The molecule has 0 saturated carbocycles. The van der Waals surface area contributed by atoms with Crippen LogP contribution in [0.2, 0.25) is 0 Å². The van der Waals surface area contributed by atoms with Gasteiger partial charge in [-0.05, 0) is 6.92 Å². The summed E-state index contributed by atoms with van der Waals surface area (Å²) >= 11 is 0. The number of anilines is 1. The van der Waals surface area contributed by atoms with Gasteiger partial charge in [-0.1, -0.05) is 0 Å². The number of hydrogen-bond donors (Lipinski definition) is 1. The van der Waals surface area contributed by atoms with Crippen molar-refractivity contribution in [3.8, 4) is 0 Å². The van der Waals surface area contributed by atoms with Crippen molar-refractivity contribution in [2.24, 2.45) is 7.05 Å². The highest BCUT2D eigenvalue weighted by Gasteiger charge is 2.35. The first-order valence-corrected chi connectivity index (χ1v) is 9.23. The van der Waals surface area contributed by atoms with Crippen LogP contribution in [-0.4, -0.2) is 90.6 Å². The number of ether oxygens (including phenoxy) is 1. The minimum absolute atomic E-state index is 0.00804. The second kappa shape index (κ2) is 6.93. The third kappa shape index (κ3) is 3.26. The van der Waals surface area contributed by atoms with Crippen molar-refractivity contribution in [3.63, 3.8) is 0 Å². The molecule has 1 aromatic heterocycles. The van der Waals surface area contributed by atoms with Crippen molar-refractivity contribution in [1.29, 1.82) is 0 Å². The number of hydrogen-bond acceptors (Lipinski definition) is 6. The molecule has 0 spiro atoms. The molecule has 138 valence electrons. The zero-order chi connectivity index (χ0) is 17.4. The van der Waals surface area contributed by atoms with Crippen LogP contribution >= 0.6 is 0 Å². The van der Waals surface area contributed by atoms with Gasteiger partial charge in [-0.15, -0.1) is 0 Å². The first-order valence-electron chi connectivity index (χ1n) is 9.23. The molecule has 4 heterocycles. The van der Waals surface area contributed by atoms with Crippen LogP contribution in [0.3, 0.4) is 0 Å². The largest absolute Gasteiger partial charge is 0.378 e. The van der Waals surface area contributed by atoms with Gasteiger partial charge in [-0.2, -0.15) is 5.10 Å². The third-order valence-electron chi connectivity index (χ3n) is 5.58. The summed E-state index contributed by atoms with van der Waals surface area (Å²) in [5.74, 6) is 1.38. The number of nitrogens with one attached hydrogen (secondary N) is 1. The topological polar surface area (TPSA) is 65.9 Å². The van der Waals surface area contributed by atoms with Crippen molar-refractivity contribution < 1.29 is 9.53 Å². The molecule has 1 aromatic rings. The lowest BCUT2D eigenvalue weighted by atomic mass is 10.1. The maximum atomic E-state index is 12.2. The Morgan fingerprint density at radius 2 is 2.00 bits per heavy atom. The molecule has 3 saturated heterocycles. The van der Waals surface area contributed by atoms with E-state index in [9.17, 15) is 4.79 Å². The molecule has 1 unspecified atom stereocenters. The van der Waals surface area contributed by atoms with Gasteiger partial charge >= 0.3 is 0 Å². The summed E-state index contributed by atoms with van der Waals surface area (Å²) in [6.07, 6.45) is 0. The molecule has 0 radical (unpaired) electrons. The molecule has 3 aliphatic rings. The number of carbonyl (C=O) groups is 1. The van der Waals surface area contributed by atoms with Crippen LogP contribution in [0, 0.1) is 6.92 Å². The van der Waals surface area contributed by atoms with Gasteiger partial charge in [0.1, 0.15) is 11.9 Å². The Balaban J connectivity index is 1.51. The molecular formula is C17H28N6O2. The Morgan fingerprint density at radius 1 is 1.20 bits per heavy atom. The maximum Gasteiger partial charge on any atom is 0.238 e. The quantitative estimate of drug-likeness (QED) is 0.770. The summed E-state index contributed by atoms with van der Waals surface area (Å²) in [4.78, 5) is 19.3. The molecule has 4 rings (SSSR count). The van der Waals surface area contributed by atoms with Crippen LogP contribution in [-0.2, 0) is 23.1 Å². The summed E-state index contributed by atoms with van der Waals surface area (Å²) in [6.45, 7) is 10.8. The monoisotopic (exact) mass is 348 g/mol.